The van der Waals surface area contributed by atoms with Crippen molar-refractivity contribution in [1.29, 1.82) is 0 Å². The molecule has 0 atom stereocenters. The van der Waals surface area contributed by atoms with Gasteiger partial charge >= 0.3 is 6.03 Å². The molecular formula is C30H39N3O. The molecule has 34 heavy (non-hydrogen) atoms. The summed E-state index contributed by atoms with van der Waals surface area (Å²) in [4.78, 5) is 17.7. The number of hydrogen-bond donors (Lipinski definition) is 1. The van der Waals surface area contributed by atoms with E-state index in [2.05, 4.69) is 112 Å². The van der Waals surface area contributed by atoms with Gasteiger partial charge in [-0.25, -0.2) is 4.79 Å². The Morgan fingerprint density at radius 1 is 0.824 bits per heavy atom. The van der Waals surface area contributed by atoms with E-state index >= 15 is 0 Å². The number of carbonyl (C=O) groups excluding carboxylic acids is 1. The summed E-state index contributed by atoms with van der Waals surface area (Å²) in [6.45, 7) is 11.3. The maximum atomic E-state index is 13.8. The van der Waals surface area contributed by atoms with Crippen LogP contribution in [0.25, 0.3) is 0 Å². The Labute approximate surface area is 205 Å². The molecule has 0 heterocycles. The second kappa shape index (κ2) is 11.2. The zero-order valence-corrected chi connectivity index (χ0v) is 21.7. The lowest BCUT2D eigenvalue weighted by molar-refractivity contribution is 0.256. The second-order valence-electron chi connectivity index (χ2n) is 9.71. The summed E-state index contributed by atoms with van der Waals surface area (Å²) in [6, 6.07) is 22.9. The first kappa shape index (κ1) is 25.4. The molecule has 0 aliphatic rings. The number of amides is 2. The van der Waals surface area contributed by atoms with Gasteiger partial charge in [0.25, 0.3) is 0 Å². The average Bonchev–Trinajstić information content (AvgIpc) is 2.82. The van der Waals surface area contributed by atoms with Crippen LogP contribution in [-0.2, 0) is 13.0 Å². The quantitative estimate of drug-likeness (QED) is 0.374. The third-order valence-electron chi connectivity index (χ3n) is 6.33. The number of aryl methyl sites for hydroxylation is 1. The van der Waals surface area contributed by atoms with Crippen molar-refractivity contribution >= 4 is 23.1 Å². The highest BCUT2D eigenvalue weighted by Crippen LogP contribution is 2.30. The molecule has 0 bridgehead atoms. The number of para-hydroxylation sites is 1. The van der Waals surface area contributed by atoms with E-state index in [1.54, 1.807) is 0 Å². The Morgan fingerprint density at radius 3 is 1.97 bits per heavy atom. The number of rotatable bonds is 8. The molecule has 0 saturated heterocycles. The van der Waals surface area contributed by atoms with Gasteiger partial charge in [0.05, 0.1) is 6.54 Å². The molecule has 0 unspecified atom stereocenters. The first-order chi connectivity index (χ1) is 16.2. The highest BCUT2D eigenvalue weighted by atomic mass is 16.2. The molecule has 0 aliphatic heterocycles. The van der Waals surface area contributed by atoms with Crippen LogP contribution in [0.3, 0.4) is 0 Å². The Balaban J connectivity index is 1.97. The average molecular weight is 458 g/mol. The standard InChI is InChI=1S/C30H39N3O/c1-8-24-10-9-11-28(22(4)5)29(24)31-30(34)33(27-18-14-25(15-19-27)21(2)3)20-23-12-16-26(17-13-23)32(6)7/h9-19,21-22H,8,20H2,1-7H3,(H,31,34). The van der Waals surface area contributed by atoms with Crippen molar-refractivity contribution in [3.05, 3.63) is 89.0 Å². The van der Waals surface area contributed by atoms with Crippen LogP contribution in [0.5, 0.6) is 0 Å². The third-order valence-corrected chi connectivity index (χ3v) is 6.33. The molecule has 0 aliphatic carbocycles. The summed E-state index contributed by atoms with van der Waals surface area (Å²) >= 11 is 0. The smallest absolute Gasteiger partial charge is 0.326 e. The summed E-state index contributed by atoms with van der Waals surface area (Å²) in [5, 5.41) is 3.28. The van der Waals surface area contributed by atoms with Crippen LogP contribution < -0.4 is 15.1 Å². The minimum absolute atomic E-state index is 0.114. The van der Waals surface area contributed by atoms with Gasteiger partial charge in [0, 0.05) is 31.2 Å². The van der Waals surface area contributed by atoms with E-state index < -0.39 is 0 Å². The summed E-state index contributed by atoms with van der Waals surface area (Å²) < 4.78 is 0. The molecule has 3 aromatic carbocycles. The van der Waals surface area contributed by atoms with Gasteiger partial charge in [-0.3, -0.25) is 4.90 Å². The van der Waals surface area contributed by atoms with Crippen molar-refractivity contribution in [3.8, 4) is 0 Å². The largest absolute Gasteiger partial charge is 0.378 e. The molecule has 4 heteroatoms. The monoisotopic (exact) mass is 457 g/mol. The summed E-state index contributed by atoms with van der Waals surface area (Å²) in [5.74, 6) is 0.763. The van der Waals surface area contributed by atoms with E-state index in [1.165, 1.54) is 5.56 Å². The zero-order valence-electron chi connectivity index (χ0n) is 21.7. The Kier molecular flexibility index (Phi) is 8.38. The fraction of sp³-hybridized carbons (Fsp3) is 0.367. The maximum Gasteiger partial charge on any atom is 0.326 e. The Morgan fingerprint density at radius 2 is 1.44 bits per heavy atom. The van der Waals surface area contributed by atoms with Gasteiger partial charge < -0.3 is 10.2 Å². The number of carbonyl (C=O) groups is 1. The molecule has 0 radical (unpaired) electrons. The molecule has 0 spiro atoms. The number of urea groups is 1. The fourth-order valence-electron chi connectivity index (χ4n) is 4.12. The van der Waals surface area contributed by atoms with Gasteiger partial charge in [0.1, 0.15) is 0 Å². The maximum absolute atomic E-state index is 13.8. The molecular weight excluding hydrogens is 418 g/mol. The zero-order chi connectivity index (χ0) is 24.8. The van der Waals surface area contributed by atoms with Crippen molar-refractivity contribution in [2.45, 2.75) is 59.4 Å². The third kappa shape index (κ3) is 5.99. The van der Waals surface area contributed by atoms with Gasteiger partial charge in [-0.1, -0.05) is 77.1 Å². The van der Waals surface area contributed by atoms with E-state index in [1.807, 2.05) is 19.0 Å². The van der Waals surface area contributed by atoms with Crippen LogP contribution >= 0.6 is 0 Å². The summed E-state index contributed by atoms with van der Waals surface area (Å²) in [6.07, 6.45) is 0.866. The molecule has 1 N–H and O–H groups in total. The van der Waals surface area contributed by atoms with Crippen molar-refractivity contribution in [2.75, 3.05) is 29.2 Å². The summed E-state index contributed by atoms with van der Waals surface area (Å²) in [7, 11) is 4.06. The Bertz CT molecular complexity index is 1080. The SMILES string of the molecule is CCc1cccc(C(C)C)c1NC(=O)N(Cc1ccc(N(C)C)cc1)c1ccc(C(C)C)cc1. The predicted molar refractivity (Wildman–Crippen MR) is 146 cm³/mol. The van der Waals surface area contributed by atoms with Crippen molar-refractivity contribution in [3.63, 3.8) is 0 Å². The highest BCUT2D eigenvalue weighted by molar-refractivity contribution is 6.02. The predicted octanol–water partition coefficient (Wildman–Crippen LogP) is 7.80. The lowest BCUT2D eigenvalue weighted by atomic mass is 9.96. The number of nitrogens with zero attached hydrogens (tertiary/aromatic N) is 2. The van der Waals surface area contributed by atoms with Crippen LogP contribution in [0.15, 0.2) is 66.7 Å². The van der Waals surface area contributed by atoms with Crippen molar-refractivity contribution in [1.82, 2.24) is 0 Å². The number of anilines is 3. The van der Waals surface area contributed by atoms with E-state index in [9.17, 15) is 4.79 Å². The van der Waals surface area contributed by atoms with E-state index in [4.69, 9.17) is 0 Å². The normalized spacial score (nSPS) is 11.1. The molecule has 3 aromatic rings. The van der Waals surface area contributed by atoms with Gasteiger partial charge in [-0.2, -0.15) is 0 Å². The topological polar surface area (TPSA) is 35.6 Å². The van der Waals surface area contributed by atoms with Crippen molar-refractivity contribution in [2.24, 2.45) is 0 Å². The van der Waals surface area contributed by atoms with Crippen LogP contribution in [-0.4, -0.2) is 20.1 Å². The first-order valence-electron chi connectivity index (χ1n) is 12.3. The second-order valence-corrected chi connectivity index (χ2v) is 9.71. The molecule has 4 nitrogen and oxygen atoms in total. The van der Waals surface area contributed by atoms with Gasteiger partial charge in [-0.05, 0) is 64.8 Å². The molecule has 0 saturated carbocycles. The lowest BCUT2D eigenvalue weighted by Crippen LogP contribution is -2.35. The molecule has 3 rings (SSSR count). The van der Waals surface area contributed by atoms with Gasteiger partial charge in [0.15, 0.2) is 0 Å². The van der Waals surface area contributed by atoms with E-state index in [0.29, 0.717) is 18.4 Å². The van der Waals surface area contributed by atoms with E-state index in [0.717, 1.165) is 40.2 Å². The lowest BCUT2D eigenvalue weighted by Gasteiger charge is -2.26. The van der Waals surface area contributed by atoms with Gasteiger partial charge in [0.2, 0.25) is 0 Å². The molecule has 2 amide bonds. The number of hydrogen-bond acceptors (Lipinski definition) is 2. The van der Waals surface area contributed by atoms with Crippen LogP contribution in [0.2, 0.25) is 0 Å². The molecule has 0 fully saturated rings. The minimum atomic E-state index is -0.114. The van der Waals surface area contributed by atoms with Crippen LogP contribution in [0, 0.1) is 0 Å². The van der Waals surface area contributed by atoms with E-state index in [-0.39, 0.29) is 6.03 Å². The van der Waals surface area contributed by atoms with Crippen LogP contribution in [0.4, 0.5) is 21.9 Å². The molecule has 180 valence electrons. The number of benzene rings is 3. The fourth-order valence-corrected chi connectivity index (χ4v) is 4.12. The first-order valence-corrected chi connectivity index (χ1v) is 12.3. The Hall–Kier alpha value is -3.27. The van der Waals surface area contributed by atoms with Crippen LogP contribution in [0.1, 0.15) is 68.7 Å². The highest BCUT2D eigenvalue weighted by Gasteiger charge is 2.20. The summed E-state index contributed by atoms with van der Waals surface area (Å²) in [5.41, 5.74) is 7.64. The van der Waals surface area contributed by atoms with Gasteiger partial charge in [-0.15, -0.1) is 0 Å². The van der Waals surface area contributed by atoms with Crippen molar-refractivity contribution < 1.29 is 4.79 Å². The minimum Gasteiger partial charge on any atom is -0.378 e. The molecule has 0 aromatic heterocycles. The number of nitrogens with one attached hydrogen (secondary N) is 1.